The van der Waals surface area contributed by atoms with E-state index in [2.05, 4.69) is 16.3 Å². The fourth-order valence-corrected chi connectivity index (χ4v) is 2.74. The Morgan fingerprint density at radius 1 is 1.43 bits per heavy atom. The summed E-state index contributed by atoms with van der Waals surface area (Å²) in [6.07, 6.45) is 4.45. The van der Waals surface area contributed by atoms with E-state index in [1.807, 2.05) is 0 Å². The van der Waals surface area contributed by atoms with Crippen molar-refractivity contribution in [3.05, 3.63) is 0 Å². The molecule has 0 aromatic heterocycles. The van der Waals surface area contributed by atoms with Gasteiger partial charge in [-0.2, -0.15) is 5.26 Å². The van der Waals surface area contributed by atoms with Crippen molar-refractivity contribution >= 4 is 0 Å². The maximum atomic E-state index is 8.47. The Kier molecular flexibility index (Phi) is 3.05. The molecule has 0 aliphatic carbocycles. The Bertz CT molecular complexity index is 225. The van der Waals surface area contributed by atoms with E-state index in [-0.39, 0.29) is 0 Å². The van der Waals surface area contributed by atoms with Crippen LogP contribution in [0.2, 0.25) is 0 Å². The van der Waals surface area contributed by atoms with Gasteiger partial charge >= 0.3 is 0 Å². The lowest BCUT2D eigenvalue weighted by Crippen LogP contribution is -2.29. The molecule has 3 heteroatoms. The molecule has 0 radical (unpaired) electrons. The van der Waals surface area contributed by atoms with Crippen LogP contribution in [0.5, 0.6) is 0 Å². The Morgan fingerprint density at radius 3 is 3.07 bits per heavy atom. The van der Waals surface area contributed by atoms with Crippen LogP contribution >= 0.6 is 0 Å². The second kappa shape index (κ2) is 4.29. The molecule has 0 saturated carbocycles. The molecule has 1 unspecified atom stereocenters. The molecule has 0 aromatic carbocycles. The Balaban J connectivity index is 1.74. The second-order valence-corrected chi connectivity index (χ2v) is 4.71. The van der Waals surface area contributed by atoms with Gasteiger partial charge < -0.3 is 10.2 Å². The Hall–Kier alpha value is -0.590. The van der Waals surface area contributed by atoms with Gasteiger partial charge in [0.2, 0.25) is 0 Å². The summed E-state index contributed by atoms with van der Waals surface area (Å²) in [4.78, 5) is 2.53. The van der Waals surface area contributed by atoms with E-state index < -0.39 is 0 Å². The lowest BCUT2D eigenvalue weighted by atomic mass is 9.87. The lowest BCUT2D eigenvalue weighted by Gasteiger charge is -2.22. The first-order valence-electron chi connectivity index (χ1n) is 5.65. The topological polar surface area (TPSA) is 39.1 Å². The van der Waals surface area contributed by atoms with Crippen LogP contribution in [0.15, 0.2) is 0 Å². The van der Waals surface area contributed by atoms with E-state index in [1.54, 1.807) is 0 Å². The summed E-state index contributed by atoms with van der Waals surface area (Å²) in [7, 11) is 0. The summed E-state index contributed by atoms with van der Waals surface area (Å²) in [5.74, 6) is 0. The van der Waals surface area contributed by atoms with Gasteiger partial charge in [0.15, 0.2) is 0 Å². The van der Waals surface area contributed by atoms with Crippen molar-refractivity contribution in [1.29, 1.82) is 5.26 Å². The van der Waals surface area contributed by atoms with E-state index in [9.17, 15) is 0 Å². The molecule has 1 spiro atoms. The molecule has 2 rings (SSSR count). The van der Waals surface area contributed by atoms with Gasteiger partial charge in [-0.05, 0) is 44.3 Å². The molecule has 0 bridgehead atoms. The number of hydrogen-bond donors (Lipinski definition) is 1. The zero-order valence-corrected chi connectivity index (χ0v) is 8.76. The molecular formula is C11H19N3. The number of rotatable bonds is 3. The highest BCUT2D eigenvalue weighted by Crippen LogP contribution is 2.35. The molecule has 14 heavy (non-hydrogen) atoms. The maximum absolute atomic E-state index is 8.47. The third-order valence-electron chi connectivity index (χ3n) is 3.61. The van der Waals surface area contributed by atoms with Crippen molar-refractivity contribution in [2.24, 2.45) is 5.41 Å². The second-order valence-electron chi connectivity index (χ2n) is 4.71. The van der Waals surface area contributed by atoms with Gasteiger partial charge in [0, 0.05) is 19.5 Å². The van der Waals surface area contributed by atoms with Crippen LogP contribution in [0.3, 0.4) is 0 Å². The summed E-state index contributed by atoms with van der Waals surface area (Å²) in [5.41, 5.74) is 0.590. The minimum absolute atomic E-state index is 0.590. The van der Waals surface area contributed by atoms with Crippen LogP contribution in [-0.4, -0.2) is 37.6 Å². The molecule has 0 aromatic rings. The zero-order chi connectivity index (χ0) is 9.86. The summed E-state index contributed by atoms with van der Waals surface area (Å²) >= 11 is 0. The molecule has 2 fully saturated rings. The number of likely N-dealkylation sites (tertiary alicyclic amines) is 1. The van der Waals surface area contributed by atoms with Gasteiger partial charge in [-0.1, -0.05) is 0 Å². The van der Waals surface area contributed by atoms with Crippen LogP contribution in [0.25, 0.3) is 0 Å². The standard InChI is InChI=1S/C11H19N3/c12-5-1-2-7-14-8-4-11(10-14)3-6-13-9-11/h13H,1-4,6-10H2. The fourth-order valence-electron chi connectivity index (χ4n) is 2.74. The Morgan fingerprint density at radius 2 is 2.36 bits per heavy atom. The van der Waals surface area contributed by atoms with Crippen molar-refractivity contribution in [2.75, 3.05) is 32.7 Å². The van der Waals surface area contributed by atoms with Gasteiger partial charge in [-0.15, -0.1) is 0 Å². The van der Waals surface area contributed by atoms with Crippen molar-refractivity contribution in [3.8, 4) is 6.07 Å². The van der Waals surface area contributed by atoms with Gasteiger partial charge in [-0.3, -0.25) is 0 Å². The number of unbranched alkanes of at least 4 members (excludes halogenated alkanes) is 1. The Labute approximate surface area is 86.1 Å². The molecule has 2 aliphatic rings. The smallest absolute Gasteiger partial charge is 0.0622 e. The minimum atomic E-state index is 0.590. The van der Waals surface area contributed by atoms with Crippen LogP contribution in [0.4, 0.5) is 0 Å². The number of nitrogens with one attached hydrogen (secondary N) is 1. The summed E-state index contributed by atoms with van der Waals surface area (Å²) < 4.78 is 0. The van der Waals surface area contributed by atoms with E-state index in [0.29, 0.717) is 11.8 Å². The summed E-state index contributed by atoms with van der Waals surface area (Å²) in [6, 6.07) is 2.21. The maximum Gasteiger partial charge on any atom is 0.0622 e. The highest BCUT2D eigenvalue weighted by Gasteiger charge is 2.39. The van der Waals surface area contributed by atoms with Crippen LogP contribution in [0.1, 0.15) is 25.7 Å². The van der Waals surface area contributed by atoms with Crippen LogP contribution in [0, 0.1) is 16.7 Å². The highest BCUT2D eigenvalue weighted by atomic mass is 15.2. The van der Waals surface area contributed by atoms with Gasteiger partial charge in [-0.25, -0.2) is 0 Å². The first-order valence-corrected chi connectivity index (χ1v) is 5.65. The van der Waals surface area contributed by atoms with Crippen molar-refractivity contribution < 1.29 is 0 Å². The number of nitrogens with zero attached hydrogens (tertiary/aromatic N) is 2. The van der Waals surface area contributed by atoms with Crippen LogP contribution < -0.4 is 5.32 Å². The monoisotopic (exact) mass is 193 g/mol. The number of hydrogen-bond acceptors (Lipinski definition) is 3. The number of nitriles is 1. The molecule has 2 saturated heterocycles. The molecule has 3 nitrogen and oxygen atoms in total. The van der Waals surface area contributed by atoms with Gasteiger partial charge in [0.05, 0.1) is 6.07 Å². The van der Waals surface area contributed by atoms with E-state index in [4.69, 9.17) is 5.26 Å². The van der Waals surface area contributed by atoms with Crippen molar-refractivity contribution in [2.45, 2.75) is 25.7 Å². The molecule has 1 N–H and O–H groups in total. The fraction of sp³-hybridized carbons (Fsp3) is 0.909. The van der Waals surface area contributed by atoms with Crippen LogP contribution in [-0.2, 0) is 0 Å². The molecule has 2 aliphatic heterocycles. The lowest BCUT2D eigenvalue weighted by molar-refractivity contribution is 0.273. The normalized spacial score (nSPS) is 32.5. The molecule has 2 heterocycles. The van der Waals surface area contributed by atoms with Crippen molar-refractivity contribution in [3.63, 3.8) is 0 Å². The zero-order valence-electron chi connectivity index (χ0n) is 8.76. The quantitative estimate of drug-likeness (QED) is 0.679. The largest absolute Gasteiger partial charge is 0.316 e. The minimum Gasteiger partial charge on any atom is -0.316 e. The SMILES string of the molecule is N#CCCCN1CCC2(CCNC2)C1. The predicted molar refractivity (Wildman–Crippen MR) is 55.8 cm³/mol. The van der Waals surface area contributed by atoms with E-state index >= 15 is 0 Å². The van der Waals surface area contributed by atoms with E-state index in [1.165, 1.54) is 39.0 Å². The van der Waals surface area contributed by atoms with Gasteiger partial charge in [0.1, 0.15) is 0 Å². The molecule has 78 valence electrons. The third-order valence-corrected chi connectivity index (χ3v) is 3.61. The first kappa shape index (κ1) is 9.95. The third kappa shape index (κ3) is 2.08. The first-order chi connectivity index (χ1) is 6.85. The van der Waals surface area contributed by atoms with Gasteiger partial charge in [0.25, 0.3) is 0 Å². The molecule has 0 amide bonds. The average Bonchev–Trinajstić information content (AvgIpc) is 2.79. The summed E-state index contributed by atoms with van der Waals surface area (Å²) in [6.45, 7) is 6.03. The van der Waals surface area contributed by atoms with Crippen molar-refractivity contribution in [1.82, 2.24) is 10.2 Å². The highest BCUT2D eigenvalue weighted by molar-refractivity contribution is 4.95. The van der Waals surface area contributed by atoms with E-state index in [0.717, 1.165) is 13.0 Å². The predicted octanol–water partition coefficient (Wildman–Crippen LogP) is 0.976. The average molecular weight is 193 g/mol. The molecule has 1 atom stereocenters. The molecular weight excluding hydrogens is 174 g/mol. The summed E-state index contributed by atoms with van der Waals surface area (Å²) in [5, 5.41) is 11.9.